The molecule has 0 N–H and O–H groups in total. The van der Waals surface area contributed by atoms with Gasteiger partial charge in [0.05, 0.1) is 11.7 Å². The number of halogens is 1. The summed E-state index contributed by atoms with van der Waals surface area (Å²) in [5, 5.41) is 4.51. The van der Waals surface area contributed by atoms with Crippen molar-refractivity contribution < 1.29 is 4.39 Å². The minimum Gasteiger partial charge on any atom is -0.268 e. The van der Waals surface area contributed by atoms with Gasteiger partial charge < -0.3 is 0 Å². The summed E-state index contributed by atoms with van der Waals surface area (Å²) < 4.78 is 14.5. The Bertz CT molecular complexity index is 910. The van der Waals surface area contributed by atoms with Gasteiger partial charge in [0.25, 0.3) is 5.56 Å². The highest BCUT2D eigenvalue weighted by Crippen LogP contribution is 2.25. The summed E-state index contributed by atoms with van der Waals surface area (Å²) in [6.45, 7) is 5.76. The van der Waals surface area contributed by atoms with Gasteiger partial charge in [-0.05, 0) is 49.6 Å². The molecule has 0 atom stereocenters. The van der Waals surface area contributed by atoms with Crippen molar-refractivity contribution in [2.24, 2.45) is 0 Å². The number of rotatable bonds is 3. The molecule has 1 aromatic heterocycles. The fraction of sp³-hybridized carbons (Fsp3) is 0.200. The van der Waals surface area contributed by atoms with Crippen LogP contribution in [0.1, 0.15) is 25.5 Å². The Hall–Kier alpha value is -2.75. The lowest BCUT2D eigenvalue weighted by atomic mass is 10.0. The lowest BCUT2D eigenvalue weighted by Crippen LogP contribution is -2.25. The molecule has 0 radical (unpaired) electrons. The summed E-state index contributed by atoms with van der Waals surface area (Å²) in [6.07, 6.45) is 0. The smallest absolute Gasteiger partial charge is 0.267 e. The van der Waals surface area contributed by atoms with Gasteiger partial charge in [0.2, 0.25) is 0 Å². The van der Waals surface area contributed by atoms with Crippen LogP contribution in [0, 0.1) is 12.7 Å². The minimum atomic E-state index is -0.244. The van der Waals surface area contributed by atoms with Crippen LogP contribution in [0.3, 0.4) is 0 Å². The summed E-state index contributed by atoms with van der Waals surface area (Å²) in [4.78, 5) is 12.0. The molecule has 2 aromatic carbocycles. The monoisotopic (exact) mass is 322 g/mol. The third-order valence-electron chi connectivity index (χ3n) is 3.97. The Morgan fingerprint density at radius 1 is 0.917 bits per heavy atom. The molecule has 0 saturated heterocycles. The number of aromatic nitrogens is 2. The summed E-state index contributed by atoms with van der Waals surface area (Å²) in [5.41, 5.74) is 4.48. The largest absolute Gasteiger partial charge is 0.268 e. The van der Waals surface area contributed by atoms with E-state index in [-0.39, 0.29) is 17.4 Å². The number of aryl methyl sites for hydroxylation is 1. The second kappa shape index (κ2) is 6.40. The van der Waals surface area contributed by atoms with Gasteiger partial charge in [-0.3, -0.25) is 4.79 Å². The minimum absolute atomic E-state index is 0.00957. The molecule has 0 aliphatic rings. The molecule has 0 aliphatic heterocycles. The average Bonchev–Trinajstić information content (AvgIpc) is 2.55. The molecule has 1 heterocycles. The van der Waals surface area contributed by atoms with Crippen molar-refractivity contribution >= 4 is 0 Å². The lowest BCUT2D eigenvalue weighted by Gasteiger charge is -2.13. The van der Waals surface area contributed by atoms with Gasteiger partial charge in [-0.1, -0.05) is 36.4 Å². The average molecular weight is 322 g/mol. The number of benzene rings is 2. The normalized spacial score (nSPS) is 11.0. The van der Waals surface area contributed by atoms with Crippen molar-refractivity contribution in [2.45, 2.75) is 26.8 Å². The van der Waals surface area contributed by atoms with Crippen molar-refractivity contribution in [2.75, 3.05) is 0 Å². The molecule has 0 unspecified atom stereocenters. The van der Waals surface area contributed by atoms with E-state index >= 15 is 0 Å². The molecule has 0 aliphatic carbocycles. The molecular weight excluding hydrogens is 303 g/mol. The van der Waals surface area contributed by atoms with Crippen molar-refractivity contribution in [3.63, 3.8) is 0 Å². The first-order valence-electron chi connectivity index (χ1n) is 7.92. The predicted octanol–water partition coefficient (Wildman–Crippen LogP) is 4.61. The number of hydrogen-bond acceptors (Lipinski definition) is 2. The molecule has 122 valence electrons. The van der Waals surface area contributed by atoms with Crippen LogP contribution in [0.4, 0.5) is 4.39 Å². The Morgan fingerprint density at radius 2 is 1.42 bits per heavy atom. The van der Waals surface area contributed by atoms with Crippen LogP contribution < -0.4 is 5.56 Å². The Morgan fingerprint density at radius 3 is 1.96 bits per heavy atom. The van der Waals surface area contributed by atoms with Crippen LogP contribution in [0.2, 0.25) is 0 Å². The third-order valence-corrected chi connectivity index (χ3v) is 3.97. The first-order chi connectivity index (χ1) is 11.5. The van der Waals surface area contributed by atoms with Gasteiger partial charge in [-0.25, -0.2) is 9.07 Å². The number of nitrogens with zero attached hydrogens (tertiary/aromatic N) is 2. The highest BCUT2D eigenvalue weighted by Gasteiger charge is 2.10. The van der Waals surface area contributed by atoms with E-state index in [4.69, 9.17) is 0 Å². The van der Waals surface area contributed by atoms with Gasteiger partial charge in [-0.15, -0.1) is 0 Å². The van der Waals surface area contributed by atoms with Crippen LogP contribution >= 0.6 is 0 Å². The molecule has 0 saturated carbocycles. The molecule has 0 bridgehead atoms. The Kier molecular flexibility index (Phi) is 4.30. The van der Waals surface area contributed by atoms with E-state index in [2.05, 4.69) is 5.10 Å². The van der Waals surface area contributed by atoms with Gasteiger partial charge in [0.15, 0.2) is 0 Å². The standard InChI is InChI=1S/C20H19FN2O/c1-13(2)23-19(24)12-14(3)20(22-23)17-6-4-15(5-7-17)16-8-10-18(21)11-9-16/h4-13H,1-3H3. The number of hydrogen-bond donors (Lipinski definition) is 0. The second-order valence-electron chi connectivity index (χ2n) is 6.14. The van der Waals surface area contributed by atoms with Crippen molar-refractivity contribution in [3.8, 4) is 22.4 Å². The molecule has 4 heteroatoms. The van der Waals surface area contributed by atoms with Gasteiger partial charge in [-0.2, -0.15) is 5.10 Å². The van der Waals surface area contributed by atoms with Crippen molar-refractivity contribution in [1.29, 1.82) is 0 Å². The molecule has 0 spiro atoms. The third kappa shape index (κ3) is 3.13. The zero-order chi connectivity index (χ0) is 17.3. The molecule has 0 amide bonds. The maximum Gasteiger partial charge on any atom is 0.267 e. The van der Waals surface area contributed by atoms with E-state index in [0.29, 0.717) is 0 Å². The van der Waals surface area contributed by atoms with Gasteiger partial charge >= 0.3 is 0 Å². The second-order valence-corrected chi connectivity index (χ2v) is 6.14. The van der Waals surface area contributed by atoms with Gasteiger partial charge in [0, 0.05) is 11.6 Å². The summed E-state index contributed by atoms with van der Waals surface area (Å²) >= 11 is 0. The first-order valence-corrected chi connectivity index (χ1v) is 7.92. The highest BCUT2D eigenvalue weighted by molar-refractivity contribution is 5.69. The molecule has 3 aromatic rings. The van der Waals surface area contributed by atoms with Gasteiger partial charge in [0.1, 0.15) is 5.82 Å². The molecule has 0 fully saturated rings. The van der Waals surface area contributed by atoms with E-state index < -0.39 is 0 Å². The molecule has 3 rings (SSSR count). The molecular formula is C20H19FN2O. The predicted molar refractivity (Wildman–Crippen MR) is 94.4 cm³/mol. The van der Waals surface area contributed by atoms with Crippen LogP contribution in [-0.4, -0.2) is 9.78 Å². The van der Waals surface area contributed by atoms with E-state index in [9.17, 15) is 9.18 Å². The maximum absolute atomic E-state index is 13.0. The Labute approximate surface area is 140 Å². The van der Waals surface area contributed by atoms with E-state index in [1.807, 2.05) is 45.0 Å². The van der Waals surface area contributed by atoms with Crippen LogP contribution in [-0.2, 0) is 0 Å². The van der Waals surface area contributed by atoms with E-state index in [1.54, 1.807) is 18.2 Å². The van der Waals surface area contributed by atoms with Crippen molar-refractivity contribution in [1.82, 2.24) is 9.78 Å². The zero-order valence-corrected chi connectivity index (χ0v) is 14.0. The van der Waals surface area contributed by atoms with Crippen LogP contribution in [0.25, 0.3) is 22.4 Å². The highest BCUT2D eigenvalue weighted by atomic mass is 19.1. The topological polar surface area (TPSA) is 34.9 Å². The SMILES string of the molecule is Cc1cc(=O)n(C(C)C)nc1-c1ccc(-c2ccc(F)cc2)cc1. The lowest BCUT2D eigenvalue weighted by molar-refractivity contribution is 0.504. The first kappa shape index (κ1) is 16.1. The van der Waals surface area contributed by atoms with E-state index in [1.165, 1.54) is 16.8 Å². The maximum atomic E-state index is 13.0. The van der Waals surface area contributed by atoms with Crippen LogP contribution in [0.15, 0.2) is 59.4 Å². The van der Waals surface area contributed by atoms with Crippen molar-refractivity contribution in [3.05, 3.63) is 76.3 Å². The fourth-order valence-corrected chi connectivity index (χ4v) is 2.67. The van der Waals surface area contributed by atoms with E-state index in [0.717, 1.165) is 27.9 Å². The quantitative estimate of drug-likeness (QED) is 0.706. The molecule has 24 heavy (non-hydrogen) atoms. The Balaban J connectivity index is 2.01. The summed E-state index contributed by atoms with van der Waals surface area (Å²) in [7, 11) is 0. The summed E-state index contributed by atoms with van der Waals surface area (Å²) in [6, 6.07) is 16.0. The van der Waals surface area contributed by atoms with Crippen LogP contribution in [0.5, 0.6) is 0 Å². The fourth-order valence-electron chi connectivity index (χ4n) is 2.67. The summed E-state index contributed by atoms with van der Waals surface area (Å²) in [5.74, 6) is -0.244. The zero-order valence-electron chi connectivity index (χ0n) is 14.0. The molecule has 3 nitrogen and oxygen atoms in total.